The van der Waals surface area contributed by atoms with Gasteiger partial charge in [0.1, 0.15) is 0 Å². The zero-order chi connectivity index (χ0) is 31.3. The summed E-state index contributed by atoms with van der Waals surface area (Å²) in [6.07, 6.45) is 3.93. The fourth-order valence-electron chi connectivity index (χ4n) is 7.05. The van der Waals surface area contributed by atoms with Crippen LogP contribution in [0.5, 0.6) is 0 Å². The van der Waals surface area contributed by atoms with E-state index < -0.39 is 0 Å². The molecule has 0 N–H and O–H groups in total. The fourth-order valence-corrected chi connectivity index (χ4v) is 7.05. The van der Waals surface area contributed by atoms with E-state index in [9.17, 15) is 0 Å². The van der Waals surface area contributed by atoms with Crippen molar-refractivity contribution in [2.24, 2.45) is 0 Å². The summed E-state index contributed by atoms with van der Waals surface area (Å²) >= 11 is 0. The Balaban J connectivity index is 1.50. The van der Waals surface area contributed by atoms with Crippen molar-refractivity contribution in [1.29, 1.82) is 0 Å². The van der Waals surface area contributed by atoms with E-state index in [0.29, 0.717) is 0 Å². The molecule has 0 aliphatic heterocycles. The lowest BCUT2D eigenvalue weighted by Gasteiger charge is -2.24. The summed E-state index contributed by atoms with van der Waals surface area (Å²) in [5, 5.41) is 4.92. The molecule has 7 aromatic rings. The van der Waals surface area contributed by atoms with Gasteiger partial charge in [-0.05, 0) is 117 Å². The molecular weight excluding hydrogens is 544 g/mol. The molecule has 0 unspecified atom stereocenters. The van der Waals surface area contributed by atoms with Crippen molar-refractivity contribution in [3.8, 4) is 44.8 Å². The van der Waals surface area contributed by atoms with E-state index in [-0.39, 0.29) is 5.41 Å². The highest BCUT2D eigenvalue weighted by Gasteiger charge is 2.22. The quantitative estimate of drug-likeness (QED) is 0.193. The summed E-state index contributed by atoms with van der Waals surface area (Å²) < 4.78 is 0. The zero-order valence-corrected chi connectivity index (χ0v) is 26.9. The molecule has 2 heterocycles. The van der Waals surface area contributed by atoms with Crippen LogP contribution in [0.25, 0.3) is 66.3 Å². The van der Waals surface area contributed by atoms with Gasteiger partial charge in [0.25, 0.3) is 0 Å². The van der Waals surface area contributed by atoms with E-state index in [4.69, 9.17) is 9.97 Å². The second-order valence-corrected chi connectivity index (χ2v) is 13.2. The Morgan fingerprint density at radius 1 is 0.422 bits per heavy atom. The second-order valence-electron chi connectivity index (χ2n) is 13.2. The summed E-state index contributed by atoms with van der Waals surface area (Å²) in [5.74, 6) is 0. The zero-order valence-electron chi connectivity index (χ0n) is 26.9. The van der Waals surface area contributed by atoms with Gasteiger partial charge >= 0.3 is 0 Å². The molecule has 0 fully saturated rings. The molecule has 0 radical (unpaired) electrons. The maximum absolute atomic E-state index is 4.94. The molecule has 2 aromatic heterocycles. The minimum Gasteiger partial charge on any atom is -0.256 e. The number of aromatic nitrogens is 2. The lowest BCUT2D eigenvalue weighted by Crippen LogP contribution is -2.13. The Bertz CT molecular complexity index is 2160. The van der Waals surface area contributed by atoms with Crippen molar-refractivity contribution in [3.63, 3.8) is 0 Å². The predicted molar refractivity (Wildman–Crippen MR) is 192 cm³/mol. The molecule has 0 aliphatic carbocycles. The van der Waals surface area contributed by atoms with Gasteiger partial charge in [0, 0.05) is 23.5 Å². The number of nitrogens with zero attached hydrogens (tertiary/aromatic N) is 2. The van der Waals surface area contributed by atoms with Crippen LogP contribution in [0, 0.1) is 20.8 Å². The molecule has 7 rings (SSSR count). The molecule has 0 bridgehead atoms. The molecule has 0 atom stereocenters. The highest BCUT2D eigenvalue weighted by atomic mass is 14.7. The van der Waals surface area contributed by atoms with Gasteiger partial charge in [0.2, 0.25) is 0 Å². The third-order valence-corrected chi connectivity index (χ3v) is 9.10. The third kappa shape index (κ3) is 5.01. The van der Waals surface area contributed by atoms with Crippen LogP contribution in [0.4, 0.5) is 0 Å². The molecule has 220 valence electrons. The first-order valence-electron chi connectivity index (χ1n) is 15.8. The van der Waals surface area contributed by atoms with Gasteiger partial charge in [-0.3, -0.25) is 9.97 Å². The van der Waals surface area contributed by atoms with Crippen LogP contribution in [-0.4, -0.2) is 9.97 Å². The summed E-state index contributed by atoms with van der Waals surface area (Å²) in [5.41, 5.74) is 14.3. The maximum atomic E-state index is 4.94. The van der Waals surface area contributed by atoms with Gasteiger partial charge in [-0.2, -0.15) is 0 Å². The molecule has 0 saturated carbocycles. The predicted octanol–water partition coefficient (Wildman–Crippen LogP) is 11.7. The Hall–Kier alpha value is -5.08. The first kappa shape index (κ1) is 28.7. The number of benzene rings is 5. The maximum Gasteiger partial charge on any atom is 0.0713 e. The molecule has 45 heavy (non-hydrogen) atoms. The monoisotopic (exact) mass is 582 g/mol. The molecular formula is C43H38N2. The SMILES string of the molecule is Cc1cccc(C)c1-c1cc(-c2c3ccccc3c(-c3ccnc(-c4c(C)cccc4C(C)(C)C)c3)c3ccccc23)ccn1. The number of aryl methyl sites for hydroxylation is 3. The smallest absolute Gasteiger partial charge is 0.0713 e. The summed E-state index contributed by atoms with van der Waals surface area (Å²) in [6, 6.07) is 39.6. The lowest BCUT2D eigenvalue weighted by molar-refractivity contribution is 0.591. The largest absolute Gasteiger partial charge is 0.256 e. The minimum absolute atomic E-state index is 0.000302. The Kier molecular flexibility index (Phi) is 7.09. The molecule has 0 aliphatic rings. The molecule has 0 amide bonds. The van der Waals surface area contributed by atoms with Crippen LogP contribution < -0.4 is 0 Å². The average molecular weight is 583 g/mol. The van der Waals surface area contributed by atoms with Crippen molar-refractivity contribution in [1.82, 2.24) is 9.97 Å². The van der Waals surface area contributed by atoms with Crippen LogP contribution in [0.1, 0.15) is 43.0 Å². The van der Waals surface area contributed by atoms with Crippen molar-refractivity contribution in [2.75, 3.05) is 0 Å². The molecule has 0 spiro atoms. The average Bonchev–Trinajstić information content (AvgIpc) is 3.03. The highest BCUT2D eigenvalue weighted by Crippen LogP contribution is 2.45. The van der Waals surface area contributed by atoms with Gasteiger partial charge < -0.3 is 0 Å². The van der Waals surface area contributed by atoms with Crippen LogP contribution in [-0.2, 0) is 5.41 Å². The Morgan fingerprint density at radius 3 is 1.27 bits per heavy atom. The van der Waals surface area contributed by atoms with Crippen molar-refractivity contribution >= 4 is 21.5 Å². The normalized spacial score (nSPS) is 11.8. The van der Waals surface area contributed by atoms with Crippen molar-refractivity contribution in [3.05, 3.63) is 144 Å². The van der Waals surface area contributed by atoms with E-state index in [0.717, 1.165) is 11.4 Å². The minimum atomic E-state index is 0.000302. The first-order chi connectivity index (χ1) is 21.7. The van der Waals surface area contributed by atoms with Gasteiger partial charge in [0.05, 0.1) is 11.4 Å². The number of rotatable bonds is 4. The van der Waals surface area contributed by atoms with Crippen molar-refractivity contribution in [2.45, 2.75) is 47.0 Å². The number of hydrogen-bond donors (Lipinski definition) is 0. The fraction of sp³-hybridized carbons (Fsp3) is 0.163. The van der Waals surface area contributed by atoms with E-state index in [1.807, 2.05) is 12.4 Å². The van der Waals surface area contributed by atoms with Crippen LogP contribution in [0.2, 0.25) is 0 Å². The van der Waals surface area contributed by atoms with Gasteiger partial charge in [-0.25, -0.2) is 0 Å². The highest BCUT2D eigenvalue weighted by molar-refractivity contribution is 6.21. The van der Waals surface area contributed by atoms with E-state index in [1.165, 1.54) is 77.2 Å². The molecule has 2 heteroatoms. The van der Waals surface area contributed by atoms with Gasteiger partial charge in [-0.15, -0.1) is 0 Å². The standard InChI is InChI=1S/C43H38N2/c1-27-13-11-14-28(2)39(27)37-25-30(21-23-44-37)41-32-16-7-9-18-34(32)42(35-19-10-8-17-33(35)41)31-22-24-45-38(26-31)40-29(3)15-12-20-36(40)43(4,5)6/h7-26H,1-6H3. The number of fused-ring (bicyclic) bond motifs is 2. The second kappa shape index (κ2) is 11.1. The molecule has 0 saturated heterocycles. The van der Waals surface area contributed by atoms with Gasteiger partial charge in [0.15, 0.2) is 0 Å². The summed E-state index contributed by atoms with van der Waals surface area (Å²) in [7, 11) is 0. The van der Waals surface area contributed by atoms with Crippen molar-refractivity contribution < 1.29 is 0 Å². The topological polar surface area (TPSA) is 25.8 Å². The molecule has 5 aromatic carbocycles. The van der Waals surface area contributed by atoms with E-state index in [1.54, 1.807) is 0 Å². The number of pyridine rings is 2. The summed E-state index contributed by atoms with van der Waals surface area (Å²) in [6.45, 7) is 13.4. The van der Waals surface area contributed by atoms with Crippen LogP contribution in [0.15, 0.2) is 122 Å². The summed E-state index contributed by atoms with van der Waals surface area (Å²) in [4.78, 5) is 9.79. The van der Waals surface area contributed by atoms with Crippen LogP contribution >= 0.6 is 0 Å². The Labute approximate surface area is 266 Å². The third-order valence-electron chi connectivity index (χ3n) is 9.10. The first-order valence-corrected chi connectivity index (χ1v) is 15.8. The van der Waals surface area contributed by atoms with Crippen LogP contribution in [0.3, 0.4) is 0 Å². The molecule has 2 nitrogen and oxygen atoms in total. The Morgan fingerprint density at radius 2 is 0.822 bits per heavy atom. The number of hydrogen-bond acceptors (Lipinski definition) is 2. The lowest BCUT2D eigenvalue weighted by atomic mass is 9.80. The van der Waals surface area contributed by atoms with Gasteiger partial charge in [-0.1, -0.05) is 106 Å². The van der Waals surface area contributed by atoms with E-state index in [2.05, 4.69) is 151 Å². The van der Waals surface area contributed by atoms with E-state index >= 15 is 0 Å².